The van der Waals surface area contributed by atoms with Crippen LogP contribution in [0.4, 0.5) is 0 Å². The summed E-state index contributed by atoms with van der Waals surface area (Å²) in [5.74, 6) is 0.505. The van der Waals surface area contributed by atoms with Gasteiger partial charge in [-0.3, -0.25) is 14.5 Å². The number of hydrogen-bond acceptors (Lipinski definition) is 4. The Balaban J connectivity index is 1.53. The van der Waals surface area contributed by atoms with E-state index in [0.29, 0.717) is 28.2 Å². The summed E-state index contributed by atoms with van der Waals surface area (Å²) in [6, 6.07) is 21.4. The molecule has 5 nitrogen and oxygen atoms in total. The van der Waals surface area contributed by atoms with Gasteiger partial charge in [0, 0.05) is 16.6 Å². The highest BCUT2D eigenvalue weighted by atomic mass is 79.9. The minimum atomic E-state index is -1.30. The molecule has 1 aliphatic rings. The van der Waals surface area contributed by atoms with Crippen molar-refractivity contribution in [1.82, 2.24) is 4.90 Å². The van der Waals surface area contributed by atoms with E-state index in [4.69, 9.17) is 4.74 Å². The van der Waals surface area contributed by atoms with E-state index in [1.165, 1.54) is 4.90 Å². The Hall–Kier alpha value is -2.96. The van der Waals surface area contributed by atoms with Crippen LogP contribution in [0.1, 0.15) is 39.6 Å². The standard InChI is InChI=1S/C24H20BrNO4/c1-24(29,14-15-26-22(27)18-6-2-3-7-19(18)23(26)28)20-8-4-5-9-21(20)30-17-12-10-16(25)11-13-17/h2-13,29H,14-15H2,1H3. The molecule has 1 N–H and O–H groups in total. The van der Waals surface area contributed by atoms with Gasteiger partial charge in [-0.1, -0.05) is 46.3 Å². The third kappa shape index (κ3) is 3.88. The Labute approximate surface area is 183 Å². The summed E-state index contributed by atoms with van der Waals surface area (Å²) in [5.41, 5.74) is 0.0909. The summed E-state index contributed by atoms with van der Waals surface area (Å²) < 4.78 is 6.93. The second kappa shape index (κ2) is 8.05. The van der Waals surface area contributed by atoms with Gasteiger partial charge in [-0.15, -0.1) is 0 Å². The number of para-hydroxylation sites is 1. The number of halogens is 1. The van der Waals surface area contributed by atoms with Crippen LogP contribution in [-0.4, -0.2) is 28.4 Å². The Bertz CT molecular complexity index is 1070. The molecule has 1 aliphatic heterocycles. The van der Waals surface area contributed by atoms with Gasteiger partial charge in [-0.2, -0.15) is 0 Å². The summed E-state index contributed by atoms with van der Waals surface area (Å²) >= 11 is 3.40. The Morgan fingerprint density at radius 3 is 2.10 bits per heavy atom. The first-order valence-electron chi connectivity index (χ1n) is 9.57. The van der Waals surface area contributed by atoms with Crippen LogP contribution in [0, 0.1) is 0 Å². The maximum atomic E-state index is 12.6. The van der Waals surface area contributed by atoms with Gasteiger partial charge in [-0.05, 0) is 55.8 Å². The average Bonchev–Trinajstić information content (AvgIpc) is 2.99. The summed E-state index contributed by atoms with van der Waals surface area (Å²) in [4.78, 5) is 26.4. The van der Waals surface area contributed by atoms with Crippen LogP contribution >= 0.6 is 15.9 Å². The predicted molar refractivity (Wildman–Crippen MR) is 117 cm³/mol. The van der Waals surface area contributed by atoms with Gasteiger partial charge in [0.15, 0.2) is 0 Å². The Morgan fingerprint density at radius 1 is 0.900 bits per heavy atom. The van der Waals surface area contributed by atoms with E-state index in [0.717, 1.165) is 4.47 Å². The number of carbonyl (C=O) groups is 2. The number of aliphatic hydroxyl groups is 1. The molecule has 1 atom stereocenters. The van der Waals surface area contributed by atoms with Crippen LogP contribution in [0.2, 0.25) is 0 Å². The highest BCUT2D eigenvalue weighted by molar-refractivity contribution is 9.10. The smallest absolute Gasteiger partial charge is 0.261 e. The first kappa shape index (κ1) is 20.3. The number of fused-ring (bicyclic) bond motifs is 1. The molecule has 0 fully saturated rings. The molecule has 0 aromatic heterocycles. The number of rotatable bonds is 6. The molecular weight excluding hydrogens is 446 g/mol. The fourth-order valence-corrected chi connectivity index (χ4v) is 3.80. The lowest BCUT2D eigenvalue weighted by Gasteiger charge is -2.28. The van der Waals surface area contributed by atoms with E-state index in [9.17, 15) is 14.7 Å². The van der Waals surface area contributed by atoms with E-state index >= 15 is 0 Å². The molecule has 6 heteroatoms. The van der Waals surface area contributed by atoms with Crippen molar-refractivity contribution in [1.29, 1.82) is 0 Å². The molecule has 0 spiro atoms. The van der Waals surface area contributed by atoms with Crippen molar-refractivity contribution in [3.05, 3.63) is 94.0 Å². The van der Waals surface area contributed by atoms with E-state index in [2.05, 4.69) is 15.9 Å². The molecule has 30 heavy (non-hydrogen) atoms. The quantitative estimate of drug-likeness (QED) is 0.512. The zero-order valence-electron chi connectivity index (χ0n) is 16.3. The van der Waals surface area contributed by atoms with E-state index in [-0.39, 0.29) is 24.8 Å². The molecular formula is C24H20BrNO4. The van der Waals surface area contributed by atoms with Gasteiger partial charge in [0.1, 0.15) is 11.5 Å². The highest BCUT2D eigenvalue weighted by Gasteiger charge is 2.37. The Morgan fingerprint density at radius 2 is 1.47 bits per heavy atom. The zero-order chi connectivity index (χ0) is 21.3. The van der Waals surface area contributed by atoms with Crippen molar-refractivity contribution >= 4 is 27.7 Å². The van der Waals surface area contributed by atoms with Crippen molar-refractivity contribution < 1.29 is 19.4 Å². The van der Waals surface area contributed by atoms with Crippen LogP contribution in [0.25, 0.3) is 0 Å². The normalized spacial score (nSPS) is 15.1. The van der Waals surface area contributed by atoms with Gasteiger partial charge < -0.3 is 9.84 Å². The monoisotopic (exact) mass is 465 g/mol. The average molecular weight is 466 g/mol. The molecule has 1 unspecified atom stereocenters. The van der Waals surface area contributed by atoms with Crippen molar-refractivity contribution in [2.24, 2.45) is 0 Å². The van der Waals surface area contributed by atoms with Gasteiger partial charge in [0.25, 0.3) is 11.8 Å². The van der Waals surface area contributed by atoms with Gasteiger partial charge >= 0.3 is 0 Å². The largest absolute Gasteiger partial charge is 0.457 e. The van der Waals surface area contributed by atoms with Crippen LogP contribution in [0.15, 0.2) is 77.3 Å². The number of nitrogens with zero attached hydrogens (tertiary/aromatic N) is 1. The minimum absolute atomic E-state index is 0.103. The third-order valence-corrected chi connectivity index (χ3v) is 5.74. The number of hydrogen-bond donors (Lipinski definition) is 1. The lowest BCUT2D eigenvalue weighted by Crippen LogP contribution is -2.35. The number of amides is 2. The number of imide groups is 1. The molecule has 0 saturated carbocycles. The molecule has 3 aromatic rings. The topological polar surface area (TPSA) is 66.8 Å². The van der Waals surface area contributed by atoms with Crippen LogP contribution in [0.3, 0.4) is 0 Å². The number of carbonyl (C=O) groups excluding carboxylic acids is 2. The van der Waals surface area contributed by atoms with Crippen LogP contribution in [-0.2, 0) is 5.60 Å². The van der Waals surface area contributed by atoms with Crippen molar-refractivity contribution in [3.63, 3.8) is 0 Å². The third-order valence-electron chi connectivity index (χ3n) is 5.21. The molecule has 1 heterocycles. The number of benzene rings is 3. The van der Waals surface area contributed by atoms with Crippen molar-refractivity contribution in [2.75, 3.05) is 6.54 Å². The molecule has 2 amide bonds. The predicted octanol–water partition coefficient (Wildman–Crippen LogP) is 5.14. The molecule has 0 radical (unpaired) electrons. The van der Waals surface area contributed by atoms with Crippen LogP contribution < -0.4 is 4.74 Å². The fourth-order valence-electron chi connectivity index (χ4n) is 3.54. The van der Waals surface area contributed by atoms with E-state index in [1.807, 2.05) is 36.4 Å². The molecule has 4 rings (SSSR count). The molecule has 0 bridgehead atoms. The lowest BCUT2D eigenvalue weighted by molar-refractivity contribution is 0.0326. The lowest BCUT2D eigenvalue weighted by atomic mass is 9.91. The van der Waals surface area contributed by atoms with Gasteiger partial charge in [-0.25, -0.2) is 0 Å². The molecule has 152 valence electrons. The maximum Gasteiger partial charge on any atom is 0.261 e. The first-order chi connectivity index (χ1) is 14.4. The summed E-state index contributed by atoms with van der Waals surface area (Å²) in [6.45, 7) is 1.76. The van der Waals surface area contributed by atoms with E-state index < -0.39 is 5.60 Å². The maximum absolute atomic E-state index is 12.6. The molecule has 0 aliphatic carbocycles. The zero-order valence-corrected chi connectivity index (χ0v) is 17.9. The molecule has 0 saturated heterocycles. The highest BCUT2D eigenvalue weighted by Crippen LogP contribution is 2.36. The molecule has 3 aromatic carbocycles. The summed E-state index contributed by atoms with van der Waals surface area (Å²) in [5, 5.41) is 11.2. The fraction of sp³-hybridized carbons (Fsp3) is 0.167. The van der Waals surface area contributed by atoms with Gasteiger partial charge in [0.05, 0.1) is 16.7 Å². The first-order valence-corrected chi connectivity index (χ1v) is 10.4. The van der Waals surface area contributed by atoms with Gasteiger partial charge in [0.2, 0.25) is 0 Å². The second-order valence-electron chi connectivity index (χ2n) is 7.38. The van der Waals surface area contributed by atoms with E-state index in [1.54, 1.807) is 43.3 Å². The number of ether oxygens (including phenoxy) is 1. The Kier molecular flexibility index (Phi) is 5.45. The van der Waals surface area contributed by atoms with Crippen molar-refractivity contribution in [3.8, 4) is 11.5 Å². The van der Waals surface area contributed by atoms with Crippen LogP contribution in [0.5, 0.6) is 11.5 Å². The second-order valence-corrected chi connectivity index (χ2v) is 8.30. The minimum Gasteiger partial charge on any atom is -0.457 e. The van der Waals surface area contributed by atoms with Crippen molar-refractivity contribution in [2.45, 2.75) is 18.9 Å². The SMILES string of the molecule is CC(O)(CCN1C(=O)c2ccccc2C1=O)c1ccccc1Oc1ccc(Br)cc1. The summed E-state index contributed by atoms with van der Waals surface area (Å²) in [7, 11) is 0. The summed E-state index contributed by atoms with van der Waals surface area (Å²) in [6.07, 6.45) is 0.180.